The quantitative estimate of drug-likeness (QED) is 0.835. The number of methoxy groups -OCH3 is 2. The highest BCUT2D eigenvalue weighted by Crippen LogP contribution is 2.26. The molecule has 0 saturated carbocycles. The van der Waals surface area contributed by atoms with Crippen molar-refractivity contribution in [2.75, 3.05) is 24.9 Å². The minimum atomic E-state index is -0.320. The molecule has 0 unspecified atom stereocenters. The van der Waals surface area contributed by atoms with Gasteiger partial charge in [0.05, 0.1) is 14.2 Å². The number of halogens is 1. The number of thiocarbonyl (C=S) groups is 1. The second-order valence-corrected chi connectivity index (χ2v) is 5.05. The standard InChI is InChI=1S/C16H17FN2O2S/c1-10-4-5-11(17)6-15(10)19-16(22)18-12-7-13(20-2)9-14(8-12)21-3/h4-9H,1-3H3,(H2,18,19,22). The van der Waals surface area contributed by atoms with E-state index in [0.29, 0.717) is 28.0 Å². The van der Waals surface area contributed by atoms with Gasteiger partial charge in [-0.05, 0) is 36.8 Å². The molecule has 0 spiro atoms. The molecule has 0 atom stereocenters. The summed E-state index contributed by atoms with van der Waals surface area (Å²) < 4.78 is 23.7. The van der Waals surface area contributed by atoms with Gasteiger partial charge in [0.25, 0.3) is 0 Å². The summed E-state index contributed by atoms with van der Waals surface area (Å²) in [4.78, 5) is 0. The van der Waals surface area contributed by atoms with Crippen LogP contribution in [0.25, 0.3) is 0 Å². The fourth-order valence-electron chi connectivity index (χ4n) is 1.89. The lowest BCUT2D eigenvalue weighted by Gasteiger charge is -2.14. The van der Waals surface area contributed by atoms with Gasteiger partial charge in [-0.1, -0.05) is 6.07 Å². The largest absolute Gasteiger partial charge is 0.497 e. The van der Waals surface area contributed by atoms with Crippen LogP contribution < -0.4 is 20.1 Å². The van der Waals surface area contributed by atoms with Crippen LogP contribution in [0.2, 0.25) is 0 Å². The number of nitrogens with one attached hydrogen (secondary N) is 2. The molecule has 0 bridgehead atoms. The van der Waals surface area contributed by atoms with E-state index < -0.39 is 0 Å². The monoisotopic (exact) mass is 320 g/mol. The molecule has 0 aliphatic rings. The molecule has 6 heteroatoms. The predicted octanol–water partition coefficient (Wildman–Crippen LogP) is 3.96. The first-order chi connectivity index (χ1) is 10.5. The van der Waals surface area contributed by atoms with E-state index in [2.05, 4.69) is 10.6 Å². The number of hydrogen-bond donors (Lipinski definition) is 2. The molecule has 2 rings (SSSR count). The summed E-state index contributed by atoms with van der Waals surface area (Å²) >= 11 is 5.25. The van der Waals surface area contributed by atoms with Crippen LogP contribution in [0, 0.1) is 12.7 Å². The van der Waals surface area contributed by atoms with E-state index in [0.717, 1.165) is 5.56 Å². The first kappa shape index (κ1) is 16.0. The fourth-order valence-corrected chi connectivity index (χ4v) is 2.12. The summed E-state index contributed by atoms with van der Waals surface area (Å²) in [7, 11) is 3.15. The first-order valence-electron chi connectivity index (χ1n) is 6.59. The summed E-state index contributed by atoms with van der Waals surface area (Å²) in [6.07, 6.45) is 0. The number of benzene rings is 2. The van der Waals surface area contributed by atoms with Crippen LogP contribution in [0.3, 0.4) is 0 Å². The number of anilines is 2. The average Bonchev–Trinajstić information content (AvgIpc) is 2.50. The highest BCUT2D eigenvalue weighted by Gasteiger charge is 2.06. The molecule has 4 nitrogen and oxygen atoms in total. The summed E-state index contributed by atoms with van der Waals surface area (Å²) in [5.74, 6) is 0.970. The van der Waals surface area contributed by atoms with Gasteiger partial charge in [-0.2, -0.15) is 0 Å². The smallest absolute Gasteiger partial charge is 0.175 e. The van der Waals surface area contributed by atoms with Gasteiger partial charge in [0.2, 0.25) is 0 Å². The van der Waals surface area contributed by atoms with Gasteiger partial charge in [0.15, 0.2) is 5.11 Å². The molecule has 2 N–H and O–H groups in total. The third-order valence-electron chi connectivity index (χ3n) is 3.06. The van der Waals surface area contributed by atoms with Gasteiger partial charge in [-0.15, -0.1) is 0 Å². The van der Waals surface area contributed by atoms with E-state index in [9.17, 15) is 4.39 Å². The Labute approximate surface area is 134 Å². The Morgan fingerprint density at radius 3 is 2.23 bits per heavy atom. The van der Waals surface area contributed by atoms with E-state index >= 15 is 0 Å². The molecule has 0 saturated heterocycles. The van der Waals surface area contributed by atoms with E-state index in [1.54, 1.807) is 38.5 Å². The van der Waals surface area contributed by atoms with E-state index in [-0.39, 0.29) is 5.82 Å². The number of rotatable bonds is 4. The van der Waals surface area contributed by atoms with Crippen molar-refractivity contribution in [3.05, 3.63) is 47.8 Å². The van der Waals surface area contributed by atoms with Crippen LogP contribution in [0.1, 0.15) is 5.56 Å². The first-order valence-corrected chi connectivity index (χ1v) is 7.00. The highest BCUT2D eigenvalue weighted by atomic mass is 32.1. The Morgan fingerprint density at radius 2 is 1.64 bits per heavy atom. The third kappa shape index (κ3) is 4.08. The molecule has 0 radical (unpaired) electrons. The molecule has 2 aromatic carbocycles. The van der Waals surface area contributed by atoms with Gasteiger partial charge in [0, 0.05) is 29.6 Å². The number of hydrogen-bond acceptors (Lipinski definition) is 3. The van der Waals surface area contributed by atoms with Crippen LogP contribution >= 0.6 is 12.2 Å². The average molecular weight is 320 g/mol. The Balaban J connectivity index is 2.13. The van der Waals surface area contributed by atoms with Gasteiger partial charge in [0.1, 0.15) is 17.3 Å². The molecule has 0 aliphatic carbocycles. The maximum Gasteiger partial charge on any atom is 0.175 e. The number of ether oxygens (including phenoxy) is 2. The minimum absolute atomic E-state index is 0.320. The van der Waals surface area contributed by atoms with Crippen molar-refractivity contribution in [2.24, 2.45) is 0 Å². The van der Waals surface area contributed by atoms with Gasteiger partial charge < -0.3 is 20.1 Å². The molecule has 0 heterocycles. The lowest BCUT2D eigenvalue weighted by Crippen LogP contribution is -2.19. The van der Waals surface area contributed by atoms with Crippen LogP contribution in [0.4, 0.5) is 15.8 Å². The summed E-state index contributed by atoms with van der Waals surface area (Å²) in [6.45, 7) is 1.87. The Morgan fingerprint density at radius 1 is 1.00 bits per heavy atom. The zero-order chi connectivity index (χ0) is 16.1. The Hall–Kier alpha value is -2.34. The van der Waals surface area contributed by atoms with Crippen LogP contribution in [-0.2, 0) is 0 Å². The lowest BCUT2D eigenvalue weighted by molar-refractivity contribution is 0.395. The molecular weight excluding hydrogens is 303 g/mol. The van der Waals surface area contributed by atoms with E-state index in [1.165, 1.54) is 12.1 Å². The second-order valence-electron chi connectivity index (χ2n) is 4.64. The summed E-state index contributed by atoms with van der Waals surface area (Å²) in [5.41, 5.74) is 2.23. The Bertz CT molecular complexity index is 670. The predicted molar refractivity (Wildman–Crippen MR) is 90.5 cm³/mol. The summed E-state index contributed by atoms with van der Waals surface area (Å²) in [6, 6.07) is 9.83. The minimum Gasteiger partial charge on any atom is -0.497 e. The molecule has 0 fully saturated rings. The topological polar surface area (TPSA) is 42.5 Å². The van der Waals surface area contributed by atoms with Gasteiger partial charge in [-0.3, -0.25) is 0 Å². The Kier molecular flexibility index (Phi) is 5.16. The molecular formula is C16H17FN2O2S. The van der Waals surface area contributed by atoms with Crippen molar-refractivity contribution in [3.8, 4) is 11.5 Å². The molecule has 0 amide bonds. The maximum absolute atomic E-state index is 13.3. The van der Waals surface area contributed by atoms with Gasteiger partial charge >= 0.3 is 0 Å². The molecule has 22 heavy (non-hydrogen) atoms. The second kappa shape index (κ2) is 7.09. The molecule has 0 aromatic heterocycles. The van der Waals surface area contributed by atoms with Crippen LogP contribution in [0.5, 0.6) is 11.5 Å². The van der Waals surface area contributed by atoms with Crippen molar-refractivity contribution in [3.63, 3.8) is 0 Å². The van der Waals surface area contributed by atoms with E-state index in [1.807, 2.05) is 6.92 Å². The lowest BCUT2D eigenvalue weighted by atomic mass is 10.2. The number of aryl methyl sites for hydroxylation is 1. The van der Waals surface area contributed by atoms with Gasteiger partial charge in [-0.25, -0.2) is 4.39 Å². The fraction of sp³-hybridized carbons (Fsp3) is 0.188. The molecule has 116 valence electrons. The van der Waals surface area contributed by atoms with Crippen molar-refractivity contribution in [2.45, 2.75) is 6.92 Å². The van der Waals surface area contributed by atoms with Crippen LogP contribution in [0.15, 0.2) is 36.4 Å². The zero-order valence-electron chi connectivity index (χ0n) is 12.6. The van der Waals surface area contributed by atoms with Crippen molar-refractivity contribution in [1.82, 2.24) is 0 Å². The molecule has 2 aromatic rings. The third-order valence-corrected chi connectivity index (χ3v) is 3.26. The zero-order valence-corrected chi connectivity index (χ0v) is 13.4. The van der Waals surface area contributed by atoms with Crippen molar-refractivity contribution >= 4 is 28.7 Å². The van der Waals surface area contributed by atoms with Crippen molar-refractivity contribution in [1.29, 1.82) is 0 Å². The normalized spacial score (nSPS) is 10.0. The SMILES string of the molecule is COc1cc(NC(=S)Nc2cc(F)ccc2C)cc(OC)c1. The van der Waals surface area contributed by atoms with E-state index in [4.69, 9.17) is 21.7 Å². The molecule has 0 aliphatic heterocycles. The van der Waals surface area contributed by atoms with Crippen molar-refractivity contribution < 1.29 is 13.9 Å². The summed E-state index contributed by atoms with van der Waals surface area (Å²) in [5, 5.41) is 6.35. The van der Waals surface area contributed by atoms with Crippen LogP contribution in [-0.4, -0.2) is 19.3 Å². The highest BCUT2D eigenvalue weighted by molar-refractivity contribution is 7.80. The maximum atomic E-state index is 13.3.